The summed E-state index contributed by atoms with van der Waals surface area (Å²) in [5, 5.41) is 3.17. The maximum Gasteiger partial charge on any atom is 0.231 e. The summed E-state index contributed by atoms with van der Waals surface area (Å²) in [5.74, 6) is 0.0881. The Balaban J connectivity index is 2.58. The van der Waals surface area contributed by atoms with Crippen LogP contribution in [0.3, 0.4) is 0 Å². The largest absolute Gasteiger partial charge is 0.366 e. The van der Waals surface area contributed by atoms with Crippen molar-refractivity contribution in [2.24, 2.45) is 0 Å². The molecule has 3 nitrogen and oxygen atoms in total. The van der Waals surface area contributed by atoms with Crippen LogP contribution in [0, 0.1) is 5.95 Å². The van der Waals surface area contributed by atoms with Gasteiger partial charge in [-0.1, -0.05) is 13.8 Å². The third kappa shape index (κ3) is 2.97. The van der Waals surface area contributed by atoms with Crippen LogP contribution in [0.15, 0.2) is 12.4 Å². The van der Waals surface area contributed by atoms with Gasteiger partial charge in [0, 0.05) is 6.04 Å². The molecule has 0 saturated carbocycles. The second-order valence-electron chi connectivity index (χ2n) is 2.88. The van der Waals surface area contributed by atoms with Gasteiger partial charge in [0.05, 0.1) is 12.4 Å². The van der Waals surface area contributed by atoms with Crippen LogP contribution in [0.4, 0.5) is 10.2 Å². The third-order valence-electron chi connectivity index (χ3n) is 1.96. The standard InChI is InChI=1S/C9H14FN3/c1-3-7(4-2)13-9-6-11-8(10)5-12-9/h5-7H,3-4H2,1-2H3,(H,12,13). The van der Waals surface area contributed by atoms with Crippen molar-refractivity contribution >= 4 is 5.82 Å². The first kappa shape index (κ1) is 9.89. The number of rotatable bonds is 4. The van der Waals surface area contributed by atoms with Crippen LogP contribution in [0.25, 0.3) is 0 Å². The van der Waals surface area contributed by atoms with Gasteiger partial charge in [-0.25, -0.2) is 9.97 Å². The average Bonchev–Trinajstić information content (AvgIpc) is 2.17. The van der Waals surface area contributed by atoms with Crippen LogP contribution in [0.5, 0.6) is 0 Å². The molecule has 13 heavy (non-hydrogen) atoms. The average molecular weight is 183 g/mol. The van der Waals surface area contributed by atoms with E-state index in [1.807, 2.05) is 0 Å². The van der Waals surface area contributed by atoms with E-state index in [4.69, 9.17) is 0 Å². The SMILES string of the molecule is CCC(CC)Nc1cnc(F)cn1. The van der Waals surface area contributed by atoms with Crippen LogP contribution in [-0.2, 0) is 0 Å². The number of aromatic nitrogens is 2. The van der Waals surface area contributed by atoms with Gasteiger partial charge in [0.25, 0.3) is 0 Å². The first-order valence-electron chi connectivity index (χ1n) is 4.50. The quantitative estimate of drug-likeness (QED) is 0.777. The van der Waals surface area contributed by atoms with Crippen molar-refractivity contribution in [2.75, 3.05) is 5.32 Å². The molecule has 0 aliphatic heterocycles. The second-order valence-corrected chi connectivity index (χ2v) is 2.88. The number of anilines is 1. The number of hydrogen-bond donors (Lipinski definition) is 1. The van der Waals surface area contributed by atoms with Gasteiger partial charge in [0.1, 0.15) is 5.82 Å². The fraction of sp³-hybridized carbons (Fsp3) is 0.556. The zero-order chi connectivity index (χ0) is 9.68. The molecule has 1 aromatic heterocycles. The van der Waals surface area contributed by atoms with Crippen molar-refractivity contribution in [1.82, 2.24) is 9.97 Å². The van der Waals surface area contributed by atoms with E-state index in [0.29, 0.717) is 11.9 Å². The summed E-state index contributed by atoms with van der Waals surface area (Å²) < 4.78 is 12.4. The summed E-state index contributed by atoms with van der Waals surface area (Å²) in [6.45, 7) is 4.19. The summed E-state index contributed by atoms with van der Waals surface area (Å²) in [4.78, 5) is 7.37. The first-order valence-corrected chi connectivity index (χ1v) is 4.50. The monoisotopic (exact) mass is 183 g/mol. The van der Waals surface area contributed by atoms with Crippen LogP contribution < -0.4 is 5.32 Å². The van der Waals surface area contributed by atoms with Crippen LogP contribution in [0.1, 0.15) is 26.7 Å². The van der Waals surface area contributed by atoms with E-state index < -0.39 is 5.95 Å². The lowest BCUT2D eigenvalue weighted by molar-refractivity contribution is 0.575. The zero-order valence-corrected chi connectivity index (χ0v) is 7.92. The predicted octanol–water partition coefficient (Wildman–Crippen LogP) is 2.22. The van der Waals surface area contributed by atoms with Crippen molar-refractivity contribution < 1.29 is 4.39 Å². The third-order valence-corrected chi connectivity index (χ3v) is 1.96. The molecular weight excluding hydrogens is 169 g/mol. The Hall–Kier alpha value is -1.19. The molecule has 0 spiro atoms. The molecule has 0 fully saturated rings. The van der Waals surface area contributed by atoms with E-state index in [9.17, 15) is 4.39 Å². The number of hydrogen-bond acceptors (Lipinski definition) is 3. The van der Waals surface area contributed by atoms with Gasteiger partial charge in [-0.15, -0.1) is 0 Å². The minimum Gasteiger partial charge on any atom is -0.366 e. The Bertz CT molecular complexity index is 244. The van der Waals surface area contributed by atoms with E-state index in [1.165, 1.54) is 6.20 Å². The molecule has 0 aliphatic carbocycles. The molecule has 0 bridgehead atoms. The van der Waals surface area contributed by atoms with Crippen molar-refractivity contribution in [2.45, 2.75) is 32.7 Å². The molecule has 1 aromatic rings. The molecule has 1 rings (SSSR count). The minimum atomic E-state index is -0.546. The molecule has 0 radical (unpaired) electrons. The number of nitrogens with zero attached hydrogens (tertiary/aromatic N) is 2. The zero-order valence-electron chi connectivity index (χ0n) is 7.92. The molecule has 0 unspecified atom stereocenters. The highest BCUT2D eigenvalue weighted by atomic mass is 19.1. The molecule has 0 atom stereocenters. The van der Waals surface area contributed by atoms with Gasteiger partial charge in [-0.2, -0.15) is 4.39 Å². The molecule has 72 valence electrons. The second kappa shape index (κ2) is 4.74. The maximum atomic E-state index is 12.4. The van der Waals surface area contributed by atoms with E-state index in [1.54, 1.807) is 0 Å². The predicted molar refractivity (Wildman–Crippen MR) is 50.0 cm³/mol. The van der Waals surface area contributed by atoms with Gasteiger partial charge < -0.3 is 5.32 Å². The first-order chi connectivity index (χ1) is 6.26. The topological polar surface area (TPSA) is 37.8 Å². The fourth-order valence-electron chi connectivity index (χ4n) is 1.09. The van der Waals surface area contributed by atoms with Crippen molar-refractivity contribution in [3.8, 4) is 0 Å². The summed E-state index contributed by atoms with van der Waals surface area (Å²) >= 11 is 0. The Morgan fingerprint density at radius 3 is 2.46 bits per heavy atom. The molecule has 1 N–H and O–H groups in total. The van der Waals surface area contributed by atoms with Crippen LogP contribution >= 0.6 is 0 Å². The minimum absolute atomic E-state index is 0.389. The normalized spacial score (nSPS) is 10.5. The van der Waals surface area contributed by atoms with Gasteiger partial charge in [0.2, 0.25) is 5.95 Å². The van der Waals surface area contributed by atoms with Gasteiger partial charge in [0.15, 0.2) is 0 Å². The van der Waals surface area contributed by atoms with Crippen LogP contribution in [0.2, 0.25) is 0 Å². The smallest absolute Gasteiger partial charge is 0.231 e. The highest BCUT2D eigenvalue weighted by molar-refractivity contribution is 5.31. The molecule has 0 aromatic carbocycles. The van der Waals surface area contributed by atoms with Gasteiger partial charge >= 0.3 is 0 Å². The van der Waals surface area contributed by atoms with Gasteiger partial charge in [-0.3, -0.25) is 0 Å². The number of nitrogens with one attached hydrogen (secondary N) is 1. The molecule has 0 saturated heterocycles. The van der Waals surface area contributed by atoms with Gasteiger partial charge in [-0.05, 0) is 12.8 Å². The molecular formula is C9H14FN3. The van der Waals surface area contributed by atoms with Crippen LogP contribution in [-0.4, -0.2) is 16.0 Å². The number of halogens is 1. The fourth-order valence-corrected chi connectivity index (χ4v) is 1.09. The van der Waals surface area contributed by atoms with E-state index in [-0.39, 0.29) is 0 Å². The summed E-state index contributed by atoms with van der Waals surface area (Å²) in [6, 6.07) is 0.389. The lowest BCUT2D eigenvalue weighted by atomic mass is 10.2. The highest BCUT2D eigenvalue weighted by Gasteiger charge is 2.03. The van der Waals surface area contributed by atoms with Crippen molar-refractivity contribution in [3.05, 3.63) is 18.3 Å². The lowest BCUT2D eigenvalue weighted by Gasteiger charge is -2.14. The summed E-state index contributed by atoms with van der Waals surface area (Å²) in [7, 11) is 0. The Morgan fingerprint density at radius 2 is 2.00 bits per heavy atom. The van der Waals surface area contributed by atoms with Crippen molar-refractivity contribution in [1.29, 1.82) is 0 Å². The molecule has 0 amide bonds. The summed E-state index contributed by atoms with van der Waals surface area (Å²) in [6.07, 6.45) is 4.57. The van der Waals surface area contributed by atoms with Crippen molar-refractivity contribution in [3.63, 3.8) is 0 Å². The molecule has 0 aliphatic rings. The Morgan fingerprint density at radius 1 is 1.31 bits per heavy atom. The maximum absolute atomic E-state index is 12.4. The molecule has 1 heterocycles. The lowest BCUT2D eigenvalue weighted by Crippen LogP contribution is -2.17. The summed E-state index contributed by atoms with van der Waals surface area (Å²) in [5.41, 5.74) is 0. The van der Waals surface area contributed by atoms with E-state index in [2.05, 4.69) is 29.1 Å². The Kier molecular flexibility index (Phi) is 3.61. The van der Waals surface area contributed by atoms with E-state index in [0.717, 1.165) is 19.0 Å². The van der Waals surface area contributed by atoms with E-state index >= 15 is 0 Å². The highest BCUT2D eigenvalue weighted by Crippen LogP contribution is 2.06. The Labute approximate surface area is 77.4 Å². The molecule has 4 heteroatoms.